The fourth-order valence-electron chi connectivity index (χ4n) is 2.13. The maximum absolute atomic E-state index is 5.92. The first-order valence-corrected chi connectivity index (χ1v) is 7.79. The average Bonchev–Trinajstić information content (AvgIpc) is 2.78. The first-order valence-electron chi connectivity index (χ1n) is 6.97. The van der Waals surface area contributed by atoms with Gasteiger partial charge in [-0.25, -0.2) is 4.98 Å². The Morgan fingerprint density at radius 1 is 1.28 bits per heavy atom. The normalized spacial score (nSPS) is 13.3. The summed E-state index contributed by atoms with van der Waals surface area (Å²) in [4.78, 5) is 8.20. The van der Waals surface area contributed by atoms with Gasteiger partial charge in [0.05, 0.1) is 0 Å². The van der Waals surface area contributed by atoms with Gasteiger partial charge in [-0.15, -0.1) is 11.3 Å². The molecule has 4 heteroatoms. The quantitative estimate of drug-likeness (QED) is 0.818. The van der Waals surface area contributed by atoms with Gasteiger partial charge in [-0.1, -0.05) is 27.7 Å². The van der Waals surface area contributed by atoms with Gasteiger partial charge in [0.2, 0.25) is 0 Å². The van der Waals surface area contributed by atoms with E-state index in [0.29, 0.717) is 12.0 Å². The Morgan fingerprint density at radius 2 is 1.89 bits per heavy atom. The number of rotatable bonds is 7. The third-order valence-electron chi connectivity index (χ3n) is 3.15. The lowest BCUT2D eigenvalue weighted by atomic mass is 10.1. The number of hydrogen-bond donors (Lipinski definition) is 1. The second-order valence-electron chi connectivity index (χ2n) is 5.35. The zero-order valence-corrected chi connectivity index (χ0v) is 13.1. The minimum atomic E-state index is 0.0823. The Bertz CT molecular complexity index is 343. The van der Waals surface area contributed by atoms with Crippen LogP contribution in [0.25, 0.3) is 0 Å². The highest BCUT2D eigenvalue weighted by Crippen LogP contribution is 2.29. The van der Waals surface area contributed by atoms with E-state index in [0.717, 1.165) is 24.5 Å². The van der Waals surface area contributed by atoms with Crippen LogP contribution in [0.2, 0.25) is 0 Å². The molecule has 0 radical (unpaired) electrons. The van der Waals surface area contributed by atoms with E-state index < -0.39 is 0 Å². The molecule has 0 aromatic carbocycles. The molecule has 0 aliphatic heterocycles. The molecule has 1 aromatic rings. The smallest absolute Gasteiger partial charge is 0.185 e. The lowest BCUT2D eigenvalue weighted by Gasteiger charge is -2.31. The molecule has 0 aliphatic carbocycles. The zero-order chi connectivity index (χ0) is 13.7. The molecule has 104 valence electrons. The number of anilines is 1. The molecule has 1 unspecified atom stereocenters. The molecule has 0 saturated heterocycles. The predicted octanol–water partition coefficient (Wildman–Crippen LogP) is 3.81. The molecule has 0 bridgehead atoms. The number of hydrogen-bond acceptors (Lipinski definition) is 4. The third kappa shape index (κ3) is 3.95. The van der Waals surface area contributed by atoms with Gasteiger partial charge in [-0.3, -0.25) is 0 Å². The van der Waals surface area contributed by atoms with Crippen LogP contribution in [0.3, 0.4) is 0 Å². The zero-order valence-electron chi connectivity index (χ0n) is 12.3. The average molecular weight is 269 g/mol. The molecular weight excluding hydrogens is 242 g/mol. The van der Waals surface area contributed by atoms with Gasteiger partial charge in [0.15, 0.2) is 5.13 Å². The number of aromatic nitrogens is 1. The van der Waals surface area contributed by atoms with Crippen molar-refractivity contribution in [1.29, 1.82) is 0 Å². The molecule has 0 saturated carbocycles. The van der Waals surface area contributed by atoms with Gasteiger partial charge in [0.1, 0.15) is 0 Å². The van der Waals surface area contributed by atoms with E-state index in [1.165, 1.54) is 4.88 Å². The van der Waals surface area contributed by atoms with Gasteiger partial charge < -0.3 is 10.6 Å². The second kappa shape index (κ2) is 7.10. The molecule has 0 spiro atoms. The number of nitrogens with zero attached hydrogens (tertiary/aromatic N) is 2. The summed E-state index contributed by atoms with van der Waals surface area (Å²) in [7, 11) is 0. The molecule has 0 fully saturated rings. The van der Waals surface area contributed by atoms with E-state index in [1.54, 1.807) is 11.3 Å². The van der Waals surface area contributed by atoms with Crippen molar-refractivity contribution in [2.45, 2.75) is 59.5 Å². The van der Waals surface area contributed by atoms with Crippen molar-refractivity contribution in [1.82, 2.24) is 4.98 Å². The third-order valence-corrected chi connectivity index (χ3v) is 4.39. The molecule has 1 aromatic heterocycles. The van der Waals surface area contributed by atoms with Crippen molar-refractivity contribution in [3.05, 3.63) is 11.1 Å². The van der Waals surface area contributed by atoms with Gasteiger partial charge in [-0.2, -0.15) is 0 Å². The largest absolute Gasteiger partial charge is 0.345 e. The van der Waals surface area contributed by atoms with Crippen LogP contribution in [0.5, 0.6) is 0 Å². The van der Waals surface area contributed by atoms with E-state index in [-0.39, 0.29) is 6.04 Å². The standard InChI is InChI=1S/C14H27N3S/c1-6-12(7-2)17(9-10(3)4)14-16-8-13(18-14)11(5)15/h8,10-12H,6-7,9,15H2,1-5H3. The van der Waals surface area contributed by atoms with Crippen LogP contribution in [0.1, 0.15) is 58.4 Å². The van der Waals surface area contributed by atoms with Crippen LogP contribution < -0.4 is 10.6 Å². The number of thiazole rings is 1. The summed E-state index contributed by atoms with van der Waals surface area (Å²) in [6, 6.07) is 0.665. The van der Waals surface area contributed by atoms with Crippen molar-refractivity contribution in [3.8, 4) is 0 Å². The summed E-state index contributed by atoms with van der Waals surface area (Å²) in [6.07, 6.45) is 4.26. The Balaban J connectivity index is 2.93. The van der Waals surface area contributed by atoms with Crippen LogP contribution in [-0.4, -0.2) is 17.6 Å². The fourth-order valence-corrected chi connectivity index (χ4v) is 3.07. The monoisotopic (exact) mass is 269 g/mol. The summed E-state index contributed by atoms with van der Waals surface area (Å²) < 4.78 is 0. The highest BCUT2D eigenvalue weighted by atomic mass is 32.1. The highest BCUT2D eigenvalue weighted by Gasteiger charge is 2.20. The fraction of sp³-hybridized carbons (Fsp3) is 0.786. The predicted molar refractivity (Wildman–Crippen MR) is 81.3 cm³/mol. The van der Waals surface area contributed by atoms with E-state index in [4.69, 9.17) is 5.73 Å². The molecule has 1 heterocycles. The van der Waals surface area contributed by atoms with Gasteiger partial charge in [0, 0.05) is 29.7 Å². The maximum Gasteiger partial charge on any atom is 0.185 e. The Kier molecular flexibility index (Phi) is 6.09. The lowest BCUT2D eigenvalue weighted by Crippen LogP contribution is -2.37. The van der Waals surface area contributed by atoms with Crippen LogP contribution in [-0.2, 0) is 0 Å². The molecule has 18 heavy (non-hydrogen) atoms. The molecule has 3 nitrogen and oxygen atoms in total. The van der Waals surface area contributed by atoms with Gasteiger partial charge in [0.25, 0.3) is 0 Å². The minimum absolute atomic E-state index is 0.0823. The summed E-state index contributed by atoms with van der Waals surface area (Å²) in [5.74, 6) is 0.647. The van der Waals surface area contributed by atoms with Gasteiger partial charge in [-0.05, 0) is 25.7 Å². The molecular formula is C14H27N3S. The Labute approximate surface area is 115 Å². The first kappa shape index (κ1) is 15.4. The summed E-state index contributed by atoms with van der Waals surface area (Å²) in [5.41, 5.74) is 5.92. The number of nitrogens with two attached hydrogens (primary N) is 1. The summed E-state index contributed by atoms with van der Waals surface area (Å²) in [6.45, 7) is 12.1. The molecule has 1 rings (SSSR count). The van der Waals surface area contributed by atoms with Gasteiger partial charge >= 0.3 is 0 Å². The van der Waals surface area contributed by atoms with Crippen LogP contribution in [0.15, 0.2) is 6.20 Å². The van der Waals surface area contributed by atoms with Crippen LogP contribution in [0.4, 0.5) is 5.13 Å². The van der Waals surface area contributed by atoms with E-state index in [2.05, 4.69) is 37.6 Å². The molecule has 1 atom stereocenters. The van der Waals surface area contributed by atoms with Crippen LogP contribution >= 0.6 is 11.3 Å². The van der Waals surface area contributed by atoms with Crippen molar-refractivity contribution in [3.63, 3.8) is 0 Å². The maximum atomic E-state index is 5.92. The minimum Gasteiger partial charge on any atom is -0.345 e. The molecule has 2 N–H and O–H groups in total. The van der Waals surface area contributed by atoms with Crippen molar-refractivity contribution in [2.24, 2.45) is 11.7 Å². The van der Waals surface area contributed by atoms with Crippen molar-refractivity contribution in [2.75, 3.05) is 11.4 Å². The second-order valence-corrected chi connectivity index (χ2v) is 6.39. The SMILES string of the molecule is CCC(CC)N(CC(C)C)c1ncc(C(C)N)s1. The summed E-state index contributed by atoms with van der Waals surface area (Å²) in [5, 5.41) is 1.13. The van der Waals surface area contributed by atoms with E-state index in [1.807, 2.05) is 13.1 Å². The van der Waals surface area contributed by atoms with Crippen molar-refractivity contribution < 1.29 is 0 Å². The molecule has 0 amide bonds. The Hall–Kier alpha value is -0.610. The molecule has 0 aliphatic rings. The highest BCUT2D eigenvalue weighted by molar-refractivity contribution is 7.15. The topological polar surface area (TPSA) is 42.2 Å². The van der Waals surface area contributed by atoms with Crippen LogP contribution in [0, 0.1) is 5.92 Å². The summed E-state index contributed by atoms with van der Waals surface area (Å²) >= 11 is 1.74. The first-order chi connectivity index (χ1) is 8.49. The Morgan fingerprint density at radius 3 is 2.28 bits per heavy atom. The van der Waals surface area contributed by atoms with E-state index in [9.17, 15) is 0 Å². The van der Waals surface area contributed by atoms with E-state index >= 15 is 0 Å². The van der Waals surface area contributed by atoms with Crippen molar-refractivity contribution >= 4 is 16.5 Å². The lowest BCUT2D eigenvalue weighted by molar-refractivity contribution is 0.507.